The minimum atomic E-state index is 0.398. The first-order valence-corrected chi connectivity index (χ1v) is 7.98. The lowest BCUT2D eigenvalue weighted by atomic mass is 10.0. The zero-order valence-electron chi connectivity index (χ0n) is 11.5. The van der Waals surface area contributed by atoms with Crippen LogP contribution in [0.3, 0.4) is 0 Å². The molecule has 2 aromatic carbocycles. The number of benzene rings is 2. The van der Waals surface area contributed by atoms with Crippen LogP contribution >= 0.6 is 15.9 Å². The topological polar surface area (TPSA) is 0 Å². The molecule has 0 heterocycles. The van der Waals surface area contributed by atoms with Gasteiger partial charge in [0.2, 0.25) is 0 Å². The van der Waals surface area contributed by atoms with E-state index in [0.717, 1.165) is 6.42 Å². The predicted molar refractivity (Wildman–Crippen MR) is 86.9 cm³/mol. The molecule has 0 spiro atoms. The molecule has 0 aliphatic heterocycles. The maximum absolute atomic E-state index is 3.80. The molecule has 0 saturated heterocycles. The lowest BCUT2D eigenvalue weighted by Crippen LogP contribution is -1.95. The van der Waals surface area contributed by atoms with Crippen molar-refractivity contribution >= 4 is 15.9 Å². The van der Waals surface area contributed by atoms with Crippen LogP contribution < -0.4 is 0 Å². The highest BCUT2D eigenvalue weighted by Crippen LogP contribution is 2.27. The quantitative estimate of drug-likeness (QED) is 0.599. The smallest absolute Gasteiger partial charge is 0.0435 e. The second-order valence-corrected chi connectivity index (χ2v) is 6.11. The molecule has 0 fully saturated rings. The minimum absolute atomic E-state index is 0.398. The van der Waals surface area contributed by atoms with E-state index in [0.29, 0.717) is 4.83 Å². The van der Waals surface area contributed by atoms with Gasteiger partial charge in [0.25, 0.3) is 0 Å². The second-order valence-electron chi connectivity index (χ2n) is 5.00. The van der Waals surface area contributed by atoms with Crippen molar-refractivity contribution in [3.63, 3.8) is 0 Å². The molecule has 2 rings (SSSR count). The van der Waals surface area contributed by atoms with Gasteiger partial charge in [0.1, 0.15) is 0 Å². The Morgan fingerprint density at radius 3 is 2.21 bits per heavy atom. The van der Waals surface area contributed by atoms with Crippen LogP contribution in [-0.4, -0.2) is 0 Å². The molecule has 100 valence electrons. The van der Waals surface area contributed by atoms with E-state index in [1.807, 2.05) is 0 Å². The van der Waals surface area contributed by atoms with Gasteiger partial charge in [-0.05, 0) is 36.0 Å². The molecule has 0 aliphatic carbocycles. The zero-order valence-corrected chi connectivity index (χ0v) is 13.1. The van der Waals surface area contributed by atoms with E-state index >= 15 is 0 Å². The fourth-order valence-corrected chi connectivity index (χ4v) is 2.89. The third kappa shape index (κ3) is 4.50. The van der Waals surface area contributed by atoms with Gasteiger partial charge in [-0.15, -0.1) is 0 Å². The Balaban J connectivity index is 1.97. The minimum Gasteiger partial charge on any atom is -0.0835 e. The molecule has 0 N–H and O–H groups in total. The van der Waals surface area contributed by atoms with Crippen LogP contribution in [0.25, 0.3) is 0 Å². The summed E-state index contributed by atoms with van der Waals surface area (Å²) >= 11 is 3.80. The van der Waals surface area contributed by atoms with Gasteiger partial charge in [-0.25, -0.2) is 0 Å². The first kappa shape index (κ1) is 14.3. The number of alkyl halides is 1. The predicted octanol–water partition coefficient (Wildman–Crippen LogP) is 5.71. The van der Waals surface area contributed by atoms with Crippen molar-refractivity contribution < 1.29 is 0 Å². The van der Waals surface area contributed by atoms with Crippen LogP contribution in [0.1, 0.15) is 41.3 Å². The van der Waals surface area contributed by atoms with Crippen molar-refractivity contribution in [2.75, 3.05) is 0 Å². The highest BCUT2D eigenvalue weighted by molar-refractivity contribution is 9.09. The number of hydrogen-bond donors (Lipinski definition) is 0. The lowest BCUT2D eigenvalue weighted by Gasteiger charge is -2.11. The Hall–Kier alpha value is -1.08. The Labute approximate surface area is 125 Å². The van der Waals surface area contributed by atoms with Crippen LogP contribution in [0.15, 0.2) is 54.6 Å². The summed E-state index contributed by atoms with van der Waals surface area (Å²) in [7, 11) is 0. The summed E-state index contributed by atoms with van der Waals surface area (Å²) in [5.74, 6) is 0. The molecule has 19 heavy (non-hydrogen) atoms. The van der Waals surface area contributed by atoms with Crippen molar-refractivity contribution in [1.82, 2.24) is 0 Å². The molecular weight excluding hydrogens is 296 g/mol. The fraction of sp³-hybridized carbons (Fsp3) is 0.333. The third-order valence-corrected chi connectivity index (χ3v) is 4.27. The molecular formula is C18H21Br. The van der Waals surface area contributed by atoms with Gasteiger partial charge in [0.05, 0.1) is 0 Å². The highest BCUT2D eigenvalue weighted by Gasteiger charge is 2.08. The van der Waals surface area contributed by atoms with Crippen LogP contribution in [0.5, 0.6) is 0 Å². The first-order valence-electron chi connectivity index (χ1n) is 7.06. The number of aryl methyl sites for hydroxylation is 1. The summed E-state index contributed by atoms with van der Waals surface area (Å²) < 4.78 is 0. The standard InChI is InChI=1S/C18H21Br/c1-2-3-7-15-10-12-17(13-11-15)18(19)14-16-8-5-4-6-9-16/h4-6,8-13,18H,2-3,7,14H2,1H3. The molecule has 0 amide bonds. The summed E-state index contributed by atoms with van der Waals surface area (Å²) in [6, 6.07) is 19.7. The Morgan fingerprint density at radius 1 is 0.895 bits per heavy atom. The van der Waals surface area contributed by atoms with Crippen molar-refractivity contribution in [2.24, 2.45) is 0 Å². The van der Waals surface area contributed by atoms with Gasteiger partial charge < -0.3 is 0 Å². The van der Waals surface area contributed by atoms with Crippen LogP contribution in [0, 0.1) is 0 Å². The summed E-state index contributed by atoms with van der Waals surface area (Å²) in [5.41, 5.74) is 4.19. The zero-order chi connectivity index (χ0) is 13.5. The van der Waals surface area contributed by atoms with E-state index < -0.39 is 0 Å². The SMILES string of the molecule is CCCCc1ccc(C(Br)Cc2ccccc2)cc1. The average molecular weight is 317 g/mol. The molecule has 1 unspecified atom stereocenters. The molecule has 0 radical (unpaired) electrons. The molecule has 0 aromatic heterocycles. The summed E-state index contributed by atoms with van der Waals surface area (Å²) in [5, 5.41) is 0. The van der Waals surface area contributed by atoms with Gasteiger partial charge in [-0.1, -0.05) is 83.9 Å². The first-order chi connectivity index (χ1) is 9.29. The van der Waals surface area contributed by atoms with Gasteiger partial charge in [0, 0.05) is 4.83 Å². The van der Waals surface area contributed by atoms with E-state index in [9.17, 15) is 0 Å². The molecule has 0 saturated carbocycles. The maximum atomic E-state index is 3.80. The second kappa shape index (κ2) is 7.49. The van der Waals surface area contributed by atoms with E-state index in [-0.39, 0.29) is 0 Å². The molecule has 1 heteroatoms. The molecule has 0 bridgehead atoms. The summed E-state index contributed by atoms with van der Waals surface area (Å²) in [6.07, 6.45) is 4.77. The third-order valence-electron chi connectivity index (χ3n) is 3.42. The normalized spacial score (nSPS) is 12.3. The van der Waals surface area contributed by atoms with Crippen LogP contribution in [0.2, 0.25) is 0 Å². The largest absolute Gasteiger partial charge is 0.0835 e. The van der Waals surface area contributed by atoms with Crippen LogP contribution in [-0.2, 0) is 12.8 Å². The Bertz CT molecular complexity index is 473. The highest BCUT2D eigenvalue weighted by atomic mass is 79.9. The fourth-order valence-electron chi connectivity index (χ4n) is 2.21. The monoisotopic (exact) mass is 316 g/mol. The molecule has 0 aliphatic rings. The van der Waals surface area contributed by atoms with Gasteiger partial charge >= 0.3 is 0 Å². The van der Waals surface area contributed by atoms with Crippen molar-refractivity contribution in [2.45, 2.75) is 37.4 Å². The van der Waals surface area contributed by atoms with Crippen LogP contribution in [0.4, 0.5) is 0 Å². The van der Waals surface area contributed by atoms with E-state index in [4.69, 9.17) is 0 Å². The maximum Gasteiger partial charge on any atom is 0.0435 e. The van der Waals surface area contributed by atoms with E-state index in [1.165, 1.54) is 36.0 Å². The molecule has 0 nitrogen and oxygen atoms in total. The van der Waals surface area contributed by atoms with Crippen molar-refractivity contribution in [1.29, 1.82) is 0 Å². The van der Waals surface area contributed by atoms with Crippen molar-refractivity contribution in [3.05, 3.63) is 71.3 Å². The Kier molecular flexibility index (Phi) is 5.65. The summed E-state index contributed by atoms with van der Waals surface area (Å²) in [4.78, 5) is 0.398. The van der Waals surface area contributed by atoms with Gasteiger partial charge in [0.15, 0.2) is 0 Å². The molecule has 2 aromatic rings. The average Bonchev–Trinajstić information content (AvgIpc) is 2.46. The van der Waals surface area contributed by atoms with E-state index in [2.05, 4.69) is 77.5 Å². The molecule has 1 atom stereocenters. The number of halogens is 1. The number of rotatable bonds is 6. The van der Waals surface area contributed by atoms with Crippen molar-refractivity contribution in [3.8, 4) is 0 Å². The van der Waals surface area contributed by atoms with E-state index in [1.54, 1.807) is 0 Å². The van der Waals surface area contributed by atoms with Gasteiger partial charge in [-0.3, -0.25) is 0 Å². The summed E-state index contributed by atoms with van der Waals surface area (Å²) in [6.45, 7) is 2.24. The number of hydrogen-bond acceptors (Lipinski definition) is 0. The lowest BCUT2D eigenvalue weighted by molar-refractivity contribution is 0.794. The Morgan fingerprint density at radius 2 is 1.58 bits per heavy atom. The number of unbranched alkanes of at least 4 members (excludes halogenated alkanes) is 1. The van der Waals surface area contributed by atoms with Gasteiger partial charge in [-0.2, -0.15) is 0 Å².